The van der Waals surface area contributed by atoms with Gasteiger partial charge in [-0.2, -0.15) is 0 Å². The second kappa shape index (κ2) is 3.61. The second-order valence-electron chi connectivity index (χ2n) is 1.00. The van der Waals surface area contributed by atoms with Crippen LogP contribution >= 0.6 is 0 Å². The van der Waals surface area contributed by atoms with E-state index in [0.717, 1.165) is 6.42 Å². The largest absolute Gasteiger partial charge is 0.396 e. The zero-order valence-corrected chi connectivity index (χ0v) is 4.14. The van der Waals surface area contributed by atoms with Gasteiger partial charge in [-0.25, -0.2) is 0 Å². The van der Waals surface area contributed by atoms with Crippen LogP contribution in [-0.2, 0) is 4.79 Å². The molecule has 1 radical (unpaired) electrons. The standard InChI is InChI=1S/C4H8NO2/c1-5-4(7)2-3-6/h2,6H,3H2,1H3,(H,5,7). The molecular weight excluding hydrogens is 94.0 g/mol. The molecule has 0 aliphatic carbocycles. The molecule has 0 heterocycles. The molecule has 7 heavy (non-hydrogen) atoms. The molecule has 2 N–H and O–H groups in total. The lowest BCUT2D eigenvalue weighted by Gasteiger charge is -1.90. The van der Waals surface area contributed by atoms with E-state index in [1.807, 2.05) is 0 Å². The molecule has 0 rings (SSSR count). The van der Waals surface area contributed by atoms with Crippen LogP contribution < -0.4 is 5.32 Å². The average Bonchev–Trinajstić information content (AvgIpc) is 1.68. The fraction of sp³-hybridized carbons (Fsp3) is 0.500. The molecule has 0 aliphatic heterocycles. The highest BCUT2D eigenvalue weighted by atomic mass is 16.3. The van der Waals surface area contributed by atoms with Crippen LogP contribution in [0, 0.1) is 6.42 Å². The third-order valence-electron chi connectivity index (χ3n) is 0.523. The first kappa shape index (κ1) is 6.43. The van der Waals surface area contributed by atoms with Crippen molar-refractivity contribution in [1.29, 1.82) is 0 Å². The number of aliphatic hydroxyl groups is 1. The van der Waals surface area contributed by atoms with Crippen LogP contribution in [0.1, 0.15) is 0 Å². The third kappa shape index (κ3) is 3.26. The normalized spacial score (nSPS) is 8.29. The summed E-state index contributed by atoms with van der Waals surface area (Å²) in [7, 11) is 1.51. The zero-order valence-electron chi connectivity index (χ0n) is 4.14. The molecule has 41 valence electrons. The summed E-state index contributed by atoms with van der Waals surface area (Å²) in [6.07, 6.45) is 1.15. The highest BCUT2D eigenvalue weighted by Gasteiger charge is 1.91. The Labute approximate surface area is 42.3 Å². The van der Waals surface area contributed by atoms with E-state index in [1.54, 1.807) is 0 Å². The maximum absolute atomic E-state index is 10.1. The van der Waals surface area contributed by atoms with Gasteiger partial charge in [0.05, 0.1) is 13.0 Å². The van der Waals surface area contributed by atoms with Gasteiger partial charge in [0.15, 0.2) is 0 Å². The predicted molar refractivity (Wildman–Crippen MR) is 25.5 cm³/mol. The Morgan fingerprint density at radius 3 is 2.71 bits per heavy atom. The van der Waals surface area contributed by atoms with E-state index >= 15 is 0 Å². The molecule has 0 unspecified atom stereocenters. The molecule has 1 amide bonds. The van der Waals surface area contributed by atoms with Gasteiger partial charge in [0.1, 0.15) is 0 Å². The van der Waals surface area contributed by atoms with E-state index < -0.39 is 0 Å². The first-order valence-corrected chi connectivity index (χ1v) is 1.97. The summed E-state index contributed by atoms with van der Waals surface area (Å²) in [5.74, 6) is -0.248. The summed E-state index contributed by atoms with van der Waals surface area (Å²) in [4.78, 5) is 10.1. The Balaban J connectivity index is 3.00. The maximum atomic E-state index is 10.1. The van der Waals surface area contributed by atoms with Crippen molar-refractivity contribution in [2.24, 2.45) is 0 Å². The molecule has 3 heteroatoms. The van der Waals surface area contributed by atoms with Crippen molar-refractivity contribution in [2.75, 3.05) is 13.7 Å². The van der Waals surface area contributed by atoms with Crippen LogP contribution in [0.3, 0.4) is 0 Å². The van der Waals surface area contributed by atoms with Gasteiger partial charge in [-0.05, 0) is 0 Å². The van der Waals surface area contributed by atoms with Crippen molar-refractivity contribution in [1.82, 2.24) is 5.32 Å². The van der Waals surface area contributed by atoms with E-state index in [1.165, 1.54) is 7.05 Å². The van der Waals surface area contributed by atoms with Crippen molar-refractivity contribution in [3.63, 3.8) is 0 Å². The minimum Gasteiger partial charge on any atom is -0.396 e. The van der Waals surface area contributed by atoms with Gasteiger partial charge in [0, 0.05) is 7.05 Å². The molecular formula is C4H8NO2. The molecule has 0 spiro atoms. The number of hydrogen-bond acceptors (Lipinski definition) is 2. The van der Waals surface area contributed by atoms with Crippen molar-refractivity contribution < 1.29 is 9.90 Å². The number of nitrogens with one attached hydrogen (secondary N) is 1. The van der Waals surface area contributed by atoms with Crippen LogP contribution in [0.2, 0.25) is 0 Å². The number of rotatable bonds is 2. The molecule has 3 nitrogen and oxygen atoms in total. The minimum absolute atomic E-state index is 0.195. The van der Waals surface area contributed by atoms with Crippen LogP contribution in [0.15, 0.2) is 0 Å². The molecule has 0 fully saturated rings. The monoisotopic (exact) mass is 102 g/mol. The van der Waals surface area contributed by atoms with Gasteiger partial charge in [0.2, 0.25) is 5.91 Å². The maximum Gasteiger partial charge on any atom is 0.226 e. The lowest BCUT2D eigenvalue weighted by Crippen LogP contribution is -2.19. The zero-order chi connectivity index (χ0) is 5.70. The van der Waals surface area contributed by atoms with E-state index in [2.05, 4.69) is 5.32 Å². The minimum atomic E-state index is -0.248. The molecule has 0 aromatic rings. The van der Waals surface area contributed by atoms with Crippen LogP contribution in [0.5, 0.6) is 0 Å². The van der Waals surface area contributed by atoms with Gasteiger partial charge in [-0.15, -0.1) is 0 Å². The summed E-state index contributed by atoms with van der Waals surface area (Å²) in [5.41, 5.74) is 0. The number of hydrogen-bond donors (Lipinski definition) is 2. The highest BCUT2D eigenvalue weighted by Crippen LogP contribution is 1.68. The SMILES string of the molecule is CNC(=O)[CH]CO. The van der Waals surface area contributed by atoms with Crippen molar-refractivity contribution >= 4 is 5.91 Å². The molecule has 0 aliphatic rings. The summed E-state index contributed by atoms with van der Waals surface area (Å²) in [6, 6.07) is 0. The van der Waals surface area contributed by atoms with Gasteiger partial charge in [-0.3, -0.25) is 4.79 Å². The summed E-state index contributed by atoms with van der Waals surface area (Å²) >= 11 is 0. The molecule has 0 bridgehead atoms. The molecule has 0 aromatic carbocycles. The van der Waals surface area contributed by atoms with Crippen molar-refractivity contribution in [3.8, 4) is 0 Å². The highest BCUT2D eigenvalue weighted by molar-refractivity contribution is 5.84. The topological polar surface area (TPSA) is 49.3 Å². The number of carbonyl (C=O) groups excluding carboxylic acids is 1. The van der Waals surface area contributed by atoms with E-state index in [0.29, 0.717) is 0 Å². The van der Waals surface area contributed by atoms with E-state index in [-0.39, 0.29) is 12.5 Å². The number of carbonyl (C=O) groups is 1. The fourth-order valence-corrected chi connectivity index (χ4v) is 0.185. The predicted octanol–water partition coefficient (Wildman–Crippen LogP) is -1.07. The Hall–Kier alpha value is -0.570. The summed E-state index contributed by atoms with van der Waals surface area (Å²) in [6.45, 7) is -0.195. The number of aliphatic hydroxyl groups excluding tert-OH is 1. The van der Waals surface area contributed by atoms with Gasteiger partial charge in [0.25, 0.3) is 0 Å². The molecule has 0 aromatic heterocycles. The Bertz CT molecular complexity index is 62.7. The second-order valence-corrected chi connectivity index (χ2v) is 1.00. The average molecular weight is 102 g/mol. The molecule has 0 saturated carbocycles. The van der Waals surface area contributed by atoms with Crippen molar-refractivity contribution in [2.45, 2.75) is 0 Å². The first-order chi connectivity index (χ1) is 3.31. The molecule has 0 atom stereocenters. The van der Waals surface area contributed by atoms with E-state index in [4.69, 9.17) is 5.11 Å². The Morgan fingerprint density at radius 2 is 2.57 bits per heavy atom. The lowest BCUT2D eigenvalue weighted by atomic mass is 10.4. The van der Waals surface area contributed by atoms with Crippen LogP contribution in [0.4, 0.5) is 0 Å². The fourth-order valence-electron chi connectivity index (χ4n) is 0.185. The number of amides is 1. The Morgan fingerprint density at radius 1 is 2.00 bits per heavy atom. The van der Waals surface area contributed by atoms with Gasteiger partial charge >= 0.3 is 0 Å². The summed E-state index contributed by atoms with van der Waals surface area (Å²) < 4.78 is 0. The van der Waals surface area contributed by atoms with Gasteiger partial charge in [-0.1, -0.05) is 0 Å². The lowest BCUT2D eigenvalue weighted by molar-refractivity contribution is -0.117. The van der Waals surface area contributed by atoms with Crippen LogP contribution in [-0.4, -0.2) is 24.7 Å². The Kier molecular flexibility index (Phi) is 3.32. The first-order valence-electron chi connectivity index (χ1n) is 1.97. The van der Waals surface area contributed by atoms with Gasteiger partial charge < -0.3 is 10.4 Å². The summed E-state index contributed by atoms with van der Waals surface area (Å²) in [5, 5.41) is 10.4. The smallest absolute Gasteiger partial charge is 0.226 e. The van der Waals surface area contributed by atoms with Crippen LogP contribution in [0.25, 0.3) is 0 Å². The molecule has 0 saturated heterocycles. The third-order valence-corrected chi connectivity index (χ3v) is 0.523. The van der Waals surface area contributed by atoms with Crippen molar-refractivity contribution in [3.05, 3.63) is 6.42 Å². The van der Waals surface area contributed by atoms with E-state index in [9.17, 15) is 4.79 Å². The quantitative estimate of drug-likeness (QED) is 0.466.